The Labute approximate surface area is 215 Å². The zero-order chi connectivity index (χ0) is 24.0. The summed E-state index contributed by atoms with van der Waals surface area (Å²) in [6.07, 6.45) is 4.76. The number of nitrogens with zero attached hydrogens (tertiary/aromatic N) is 5. The first-order valence-corrected chi connectivity index (χ1v) is 11.3. The Morgan fingerprint density at radius 3 is 2.60 bits per heavy atom. The van der Waals surface area contributed by atoms with Crippen molar-refractivity contribution in [1.29, 1.82) is 0 Å². The van der Waals surface area contributed by atoms with Crippen LogP contribution in [-0.2, 0) is 17.8 Å². The molecule has 1 unspecified atom stereocenters. The minimum absolute atomic E-state index is 0. The van der Waals surface area contributed by atoms with Crippen molar-refractivity contribution in [2.24, 2.45) is 0 Å². The molecule has 5 rings (SSSR count). The minimum Gasteiger partial charge on any atom is -0.543 e. The van der Waals surface area contributed by atoms with Crippen LogP contribution in [0.2, 0.25) is 0 Å². The fourth-order valence-electron chi connectivity index (χ4n) is 4.73. The van der Waals surface area contributed by atoms with Crippen molar-refractivity contribution in [2.45, 2.75) is 39.3 Å². The van der Waals surface area contributed by atoms with Crippen LogP contribution < -0.4 is 24.0 Å². The molecular formula is C26H24LiN5O3. The van der Waals surface area contributed by atoms with E-state index in [9.17, 15) is 14.7 Å². The van der Waals surface area contributed by atoms with Crippen LogP contribution in [0.1, 0.15) is 48.3 Å². The summed E-state index contributed by atoms with van der Waals surface area (Å²) in [6, 6.07) is 10.9. The molecule has 0 saturated heterocycles. The molecule has 1 aliphatic heterocycles. The number of carboxylic acids is 1. The van der Waals surface area contributed by atoms with Crippen molar-refractivity contribution >= 4 is 22.6 Å². The standard InChI is InChI=1S/C26H25N5O3.Li/c1-4-21-25(32)30(3)14-22-24(29-23(5-2)31(21)22)17-8-6-7-15-11-20(28-13-18(15)17)16-9-10-19(26(33)34)27-12-16;/h6-13,21H,4-5,14H2,1-3H3,(H,33,34);/q;+1/p-1. The van der Waals surface area contributed by atoms with Gasteiger partial charge in [-0.3, -0.25) is 14.8 Å². The maximum atomic E-state index is 12.8. The number of hydrogen-bond acceptors (Lipinski definition) is 6. The molecule has 0 spiro atoms. The number of hydrogen-bond donors (Lipinski definition) is 0. The third-order valence-electron chi connectivity index (χ3n) is 6.43. The summed E-state index contributed by atoms with van der Waals surface area (Å²) in [5, 5.41) is 12.9. The molecule has 1 atom stereocenters. The molecule has 1 aliphatic rings. The number of pyridine rings is 2. The summed E-state index contributed by atoms with van der Waals surface area (Å²) in [6.45, 7) is 4.60. The predicted octanol–water partition coefficient (Wildman–Crippen LogP) is 0.0133. The van der Waals surface area contributed by atoms with Crippen LogP contribution in [0.15, 0.2) is 48.8 Å². The number of carboxylic acid groups (broad SMARTS) is 1. The summed E-state index contributed by atoms with van der Waals surface area (Å²) >= 11 is 0. The van der Waals surface area contributed by atoms with Gasteiger partial charge in [0.15, 0.2) is 0 Å². The second-order valence-electron chi connectivity index (χ2n) is 8.48. The molecule has 0 N–H and O–H groups in total. The molecule has 8 nitrogen and oxygen atoms in total. The van der Waals surface area contributed by atoms with Gasteiger partial charge in [-0.05, 0) is 30.0 Å². The van der Waals surface area contributed by atoms with Crippen LogP contribution in [0.3, 0.4) is 0 Å². The van der Waals surface area contributed by atoms with Crippen LogP contribution >= 0.6 is 0 Å². The van der Waals surface area contributed by atoms with Gasteiger partial charge in [-0.25, -0.2) is 4.98 Å². The van der Waals surface area contributed by atoms with E-state index in [0.717, 1.165) is 45.5 Å². The van der Waals surface area contributed by atoms with Crippen molar-refractivity contribution in [1.82, 2.24) is 24.4 Å². The van der Waals surface area contributed by atoms with Crippen molar-refractivity contribution in [3.8, 4) is 22.5 Å². The second kappa shape index (κ2) is 9.65. The van der Waals surface area contributed by atoms with E-state index >= 15 is 0 Å². The Morgan fingerprint density at radius 1 is 1.14 bits per heavy atom. The van der Waals surface area contributed by atoms with Crippen molar-refractivity contribution in [2.75, 3.05) is 7.05 Å². The fraction of sp³-hybridized carbons (Fsp3) is 0.269. The number of rotatable bonds is 5. The molecule has 0 fully saturated rings. The normalized spacial score (nSPS) is 15.1. The molecular weight excluding hydrogens is 437 g/mol. The van der Waals surface area contributed by atoms with Gasteiger partial charge in [0.25, 0.3) is 0 Å². The van der Waals surface area contributed by atoms with E-state index < -0.39 is 5.97 Å². The molecule has 35 heavy (non-hydrogen) atoms. The first kappa shape index (κ1) is 24.6. The molecule has 9 heteroatoms. The molecule has 1 aromatic carbocycles. The van der Waals surface area contributed by atoms with Gasteiger partial charge in [0.05, 0.1) is 35.3 Å². The van der Waals surface area contributed by atoms with Gasteiger partial charge in [0, 0.05) is 42.4 Å². The number of carbonyl (C=O) groups excluding carboxylic acids is 2. The van der Waals surface area contributed by atoms with Crippen LogP contribution in [0.25, 0.3) is 33.3 Å². The van der Waals surface area contributed by atoms with Gasteiger partial charge in [0.2, 0.25) is 5.91 Å². The van der Waals surface area contributed by atoms with E-state index in [2.05, 4.69) is 21.5 Å². The maximum Gasteiger partial charge on any atom is 1.00 e. The van der Waals surface area contributed by atoms with Gasteiger partial charge in [0.1, 0.15) is 11.9 Å². The predicted molar refractivity (Wildman–Crippen MR) is 126 cm³/mol. The first-order chi connectivity index (χ1) is 16.4. The SMILES string of the molecule is CCc1nc(-c2cccc3cc(-c4ccc(C(=O)[O-])nc4)ncc23)c2n1C(CC)C(=O)N(C)C2.[Li+]. The third kappa shape index (κ3) is 4.13. The van der Waals surface area contributed by atoms with Crippen molar-refractivity contribution in [3.05, 3.63) is 66.0 Å². The van der Waals surface area contributed by atoms with Gasteiger partial charge in [-0.1, -0.05) is 32.0 Å². The molecule has 0 bridgehead atoms. The smallest absolute Gasteiger partial charge is 0.543 e. The van der Waals surface area contributed by atoms with Crippen LogP contribution in [0.4, 0.5) is 0 Å². The van der Waals surface area contributed by atoms with Gasteiger partial charge >= 0.3 is 18.9 Å². The molecule has 172 valence electrons. The average Bonchev–Trinajstić information content (AvgIpc) is 3.22. The first-order valence-electron chi connectivity index (χ1n) is 11.3. The summed E-state index contributed by atoms with van der Waals surface area (Å²) < 4.78 is 2.13. The quantitative estimate of drug-likeness (QED) is 0.388. The van der Waals surface area contributed by atoms with E-state index in [1.165, 1.54) is 12.3 Å². The number of aromatic carboxylic acids is 1. The summed E-state index contributed by atoms with van der Waals surface area (Å²) in [7, 11) is 1.84. The number of imidazole rings is 1. The number of likely N-dealkylation sites (N-methyl/N-ethyl adjacent to an activating group) is 1. The Bertz CT molecular complexity index is 1430. The van der Waals surface area contributed by atoms with Crippen molar-refractivity contribution in [3.63, 3.8) is 0 Å². The molecule has 0 saturated carbocycles. The zero-order valence-corrected chi connectivity index (χ0v) is 20.3. The Balaban J connectivity index is 0.00000289. The van der Waals surface area contributed by atoms with E-state index in [-0.39, 0.29) is 36.5 Å². The average molecular weight is 461 g/mol. The fourth-order valence-corrected chi connectivity index (χ4v) is 4.73. The van der Waals surface area contributed by atoms with Crippen LogP contribution in [0, 0.1) is 0 Å². The molecule has 1 amide bonds. The molecule has 3 aromatic heterocycles. The third-order valence-corrected chi connectivity index (χ3v) is 6.43. The monoisotopic (exact) mass is 461 g/mol. The van der Waals surface area contributed by atoms with Crippen LogP contribution in [0.5, 0.6) is 0 Å². The van der Waals surface area contributed by atoms with E-state index in [1.807, 2.05) is 44.4 Å². The Kier molecular flexibility index (Phi) is 6.79. The van der Waals surface area contributed by atoms with Crippen LogP contribution in [-0.4, -0.2) is 43.3 Å². The van der Waals surface area contributed by atoms with Gasteiger partial charge < -0.3 is 19.4 Å². The summed E-state index contributed by atoms with van der Waals surface area (Å²) in [5.74, 6) is -0.273. The number of fused-ring (bicyclic) bond motifs is 2. The number of carbonyl (C=O) groups is 2. The molecule has 0 aliphatic carbocycles. The molecule has 4 heterocycles. The zero-order valence-electron chi connectivity index (χ0n) is 20.3. The van der Waals surface area contributed by atoms with Gasteiger partial charge in [-0.2, -0.15) is 0 Å². The van der Waals surface area contributed by atoms with E-state index in [0.29, 0.717) is 18.7 Å². The number of aromatic nitrogens is 4. The Hall–Kier alpha value is -3.47. The summed E-state index contributed by atoms with van der Waals surface area (Å²) in [5.41, 5.74) is 4.20. The van der Waals surface area contributed by atoms with E-state index in [1.54, 1.807) is 11.0 Å². The minimum atomic E-state index is -1.31. The largest absolute Gasteiger partial charge is 1.00 e. The Morgan fingerprint density at radius 2 is 1.94 bits per heavy atom. The number of benzene rings is 1. The molecule has 0 radical (unpaired) electrons. The number of amides is 1. The maximum absolute atomic E-state index is 12.8. The second-order valence-corrected chi connectivity index (χ2v) is 8.48. The topological polar surface area (TPSA) is 104 Å². The summed E-state index contributed by atoms with van der Waals surface area (Å²) in [4.78, 5) is 39.1. The van der Waals surface area contributed by atoms with Gasteiger partial charge in [-0.15, -0.1) is 0 Å². The van der Waals surface area contributed by atoms with Crippen molar-refractivity contribution < 1.29 is 33.6 Å². The number of aryl methyl sites for hydroxylation is 1. The molecule has 4 aromatic rings. The van der Waals surface area contributed by atoms with E-state index in [4.69, 9.17) is 4.98 Å².